The van der Waals surface area contributed by atoms with Crippen molar-refractivity contribution >= 4 is 60.7 Å². The molecule has 0 radical (unpaired) electrons. The van der Waals surface area contributed by atoms with Gasteiger partial charge in [-0.05, 0) is 43.3 Å². The maximum absolute atomic E-state index is 12.9. The van der Waals surface area contributed by atoms with Crippen molar-refractivity contribution < 1.29 is 13.2 Å². The smallest absolute Gasteiger partial charge is 0.263 e. The molecule has 0 fully saturated rings. The average Bonchev–Trinajstić information content (AvgIpc) is 3.02. The molecule has 0 bridgehead atoms. The van der Waals surface area contributed by atoms with E-state index in [0.29, 0.717) is 11.4 Å². The Kier molecular flexibility index (Phi) is 5.11. The summed E-state index contributed by atoms with van der Waals surface area (Å²) in [6.07, 6.45) is 0. The van der Waals surface area contributed by atoms with Gasteiger partial charge in [0.2, 0.25) is 0 Å². The first-order valence-corrected chi connectivity index (χ1v) is 11.2. The number of nitrogens with zero attached hydrogens (tertiary/aromatic N) is 1. The predicted molar refractivity (Wildman–Crippen MR) is 119 cm³/mol. The Morgan fingerprint density at radius 2 is 1.69 bits per heavy atom. The minimum absolute atomic E-state index is 0.0542. The van der Waals surface area contributed by atoms with E-state index in [9.17, 15) is 8.42 Å². The maximum Gasteiger partial charge on any atom is 0.263 e. The van der Waals surface area contributed by atoms with Crippen LogP contribution in [0, 0.1) is 0 Å². The van der Waals surface area contributed by atoms with Crippen molar-refractivity contribution in [2.75, 3.05) is 11.8 Å². The predicted octanol–water partition coefficient (Wildman–Crippen LogP) is 5.93. The number of fused-ring (bicyclic) bond motifs is 3. The van der Waals surface area contributed by atoms with Crippen LogP contribution in [0.25, 0.3) is 21.8 Å². The summed E-state index contributed by atoms with van der Waals surface area (Å²) < 4.78 is 35.8. The lowest BCUT2D eigenvalue weighted by Crippen LogP contribution is -2.13. The van der Waals surface area contributed by atoms with E-state index in [1.165, 1.54) is 19.2 Å². The van der Waals surface area contributed by atoms with Crippen molar-refractivity contribution in [3.05, 3.63) is 64.6 Å². The van der Waals surface area contributed by atoms with Crippen LogP contribution in [0.1, 0.15) is 6.92 Å². The van der Waals surface area contributed by atoms with Crippen LogP contribution >= 0.6 is 23.2 Å². The molecule has 1 N–H and O–H groups in total. The van der Waals surface area contributed by atoms with Crippen LogP contribution in [0.15, 0.2) is 59.5 Å². The third kappa shape index (κ3) is 3.31. The molecule has 150 valence electrons. The summed E-state index contributed by atoms with van der Waals surface area (Å²) >= 11 is 12.3. The van der Waals surface area contributed by atoms with Gasteiger partial charge in [0.25, 0.3) is 10.0 Å². The molecule has 29 heavy (non-hydrogen) atoms. The molecule has 0 aliphatic carbocycles. The fourth-order valence-corrected chi connectivity index (χ4v) is 5.44. The first-order chi connectivity index (χ1) is 13.9. The Balaban J connectivity index is 1.80. The van der Waals surface area contributed by atoms with Gasteiger partial charge in [-0.25, -0.2) is 8.42 Å². The second-order valence-corrected chi connectivity index (χ2v) is 8.90. The van der Waals surface area contributed by atoms with Gasteiger partial charge in [0.1, 0.15) is 15.7 Å². The van der Waals surface area contributed by atoms with Crippen molar-refractivity contribution in [1.82, 2.24) is 4.57 Å². The summed E-state index contributed by atoms with van der Waals surface area (Å²) in [6.45, 7) is 2.90. The zero-order valence-corrected chi connectivity index (χ0v) is 18.1. The summed E-state index contributed by atoms with van der Waals surface area (Å²) in [7, 11) is -2.50. The Hall–Kier alpha value is -2.41. The SMILES string of the molecule is CCn1c2ccccc2c2cc(NS(=O)(=O)c3ccc(OC)c(Cl)c3Cl)ccc21. The largest absolute Gasteiger partial charge is 0.495 e. The Morgan fingerprint density at radius 1 is 0.966 bits per heavy atom. The van der Waals surface area contributed by atoms with Gasteiger partial charge in [-0.2, -0.15) is 0 Å². The van der Waals surface area contributed by atoms with E-state index >= 15 is 0 Å². The van der Waals surface area contributed by atoms with Gasteiger partial charge in [-0.3, -0.25) is 4.72 Å². The van der Waals surface area contributed by atoms with E-state index in [1.807, 2.05) is 30.3 Å². The molecular weight excluding hydrogens is 431 g/mol. The number of para-hydroxylation sites is 1. The number of aryl methyl sites for hydroxylation is 1. The number of rotatable bonds is 5. The van der Waals surface area contributed by atoms with Crippen LogP contribution < -0.4 is 9.46 Å². The van der Waals surface area contributed by atoms with E-state index < -0.39 is 10.0 Å². The highest BCUT2D eigenvalue weighted by Gasteiger charge is 2.22. The highest BCUT2D eigenvalue weighted by atomic mass is 35.5. The topological polar surface area (TPSA) is 60.3 Å². The van der Waals surface area contributed by atoms with E-state index in [2.05, 4.69) is 22.3 Å². The molecule has 1 aromatic heterocycles. The molecule has 4 aromatic rings. The van der Waals surface area contributed by atoms with Crippen LogP contribution in [0.4, 0.5) is 5.69 Å². The van der Waals surface area contributed by atoms with Crippen molar-refractivity contribution in [3.63, 3.8) is 0 Å². The normalized spacial score (nSPS) is 11.9. The van der Waals surface area contributed by atoms with Crippen molar-refractivity contribution in [2.24, 2.45) is 0 Å². The van der Waals surface area contributed by atoms with Crippen molar-refractivity contribution in [3.8, 4) is 5.75 Å². The lowest BCUT2D eigenvalue weighted by Gasteiger charge is -2.12. The number of aromatic nitrogens is 1. The van der Waals surface area contributed by atoms with Crippen molar-refractivity contribution in [2.45, 2.75) is 18.4 Å². The molecule has 0 saturated heterocycles. The zero-order chi connectivity index (χ0) is 20.8. The van der Waals surface area contributed by atoms with Gasteiger partial charge >= 0.3 is 0 Å². The third-order valence-corrected chi connectivity index (χ3v) is 7.26. The Morgan fingerprint density at radius 3 is 2.41 bits per heavy atom. The molecule has 0 unspecified atom stereocenters. The molecule has 0 spiro atoms. The van der Waals surface area contributed by atoms with Gasteiger partial charge in [-0.15, -0.1) is 0 Å². The lowest BCUT2D eigenvalue weighted by atomic mass is 10.1. The van der Waals surface area contributed by atoms with E-state index in [4.69, 9.17) is 27.9 Å². The quantitative estimate of drug-likeness (QED) is 0.411. The number of ether oxygens (including phenoxy) is 1. The van der Waals surface area contributed by atoms with Gasteiger partial charge in [0.05, 0.1) is 12.1 Å². The van der Waals surface area contributed by atoms with Gasteiger partial charge in [0.15, 0.2) is 0 Å². The van der Waals surface area contributed by atoms with Gasteiger partial charge in [-0.1, -0.05) is 41.4 Å². The number of nitrogens with one attached hydrogen (secondary N) is 1. The van der Waals surface area contributed by atoms with Crippen LogP contribution in [-0.2, 0) is 16.6 Å². The fourth-order valence-electron chi connectivity index (χ4n) is 3.55. The molecule has 4 rings (SSSR count). The van der Waals surface area contributed by atoms with Gasteiger partial charge < -0.3 is 9.30 Å². The number of sulfonamides is 1. The number of methoxy groups -OCH3 is 1. The zero-order valence-electron chi connectivity index (χ0n) is 15.7. The Labute approximate surface area is 178 Å². The summed E-state index contributed by atoms with van der Waals surface area (Å²) in [5, 5.41) is 2.01. The van der Waals surface area contributed by atoms with E-state index in [-0.39, 0.29) is 14.9 Å². The third-order valence-electron chi connectivity index (χ3n) is 4.86. The highest BCUT2D eigenvalue weighted by Crippen LogP contribution is 2.37. The number of hydrogen-bond acceptors (Lipinski definition) is 3. The summed E-state index contributed by atoms with van der Waals surface area (Å²) in [4.78, 5) is -0.110. The molecular formula is C21H18Cl2N2O3S. The van der Waals surface area contributed by atoms with Crippen LogP contribution in [0.3, 0.4) is 0 Å². The molecule has 0 aliphatic heterocycles. The lowest BCUT2D eigenvalue weighted by molar-refractivity contribution is 0.414. The summed E-state index contributed by atoms with van der Waals surface area (Å²) in [5.41, 5.74) is 2.59. The molecule has 0 amide bonds. The minimum Gasteiger partial charge on any atom is -0.495 e. The number of hydrogen-bond donors (Lipinski definition) is 1. The molecule has 8 heteroatoms. The molecule has 1 heterocycles. The van der Waals surface area contributed by atoms with Gasteiger partial charge in [0, 0.05) is 34.0 Å². The maximum atomic E-state index is 12.9. The van der Waals surface area contributed by atoms with Crippen molar-refractivity contribution in [1.29, 1.82) is 0 Å². The number of benzene rings is 3. The second-order valence-electron chi connectivity index (χ2n) is 6.49. The highest BCUT2D eigenvalue weighted by molar-refractivity contribution is 7.92. The average molecular weight is 449 g/mol. The van der Waals surface area contributed by atoms with Crippen LogP contribution in [-0.4, -0.2) is 20.1 Å². The summed E-state index contributed by atoms with van der Waals surface area (Å²) in [6, 6.07) is 16.4. The molecule has 3 aromatic carbocycles. The minimum atomic E-state index is -3.94. The van der Waals surface area contributed by atoms with Crippen LogP contribution in [0.2, 0.25) is 10.0 Å². The number of anilines is 1. The first-order valence-electron chi connectivity index (χ1n) is 8.93. The second kappa shape index (κ2) is 7.44. The Bertz CT molecular complexity index is 1350. The molecule has 0 saturated carbocycles. The standard InChI is InChI=1S/C21H18Cl2N2O3S/c1-3-25-16-7-5-4-6-14(16)15-12-13(8-9-17(15)25)24-29(26,27)19-11-10-18(28-2)20(22)21(19)23/h4-12,24H,3H2,1-2H3. The fraction of sp³-hybridized carbons (Fsp3) is 0.143. The molecule has 0 aliphatic rings. The molecule has 0 atom stereocenters. The first kappa shape index (κ1) is 19.9. The summed E-state index contributed by atoms with van der Waals surface area (Å²) in [5.74, 6) is 0.310. The molecule has 5 nitrogen and oxygen atoms in total. The monoisotopic (exact) mass is 448 g/mol. The number of halogens is 2. The van der Waals surface area contributed by atoms with Crippen LogP contribution in [0.5, 0.6) is 5.75 Å². The van der Waals surface area contributed by atoms with E-state index in [0.717, 1.165) is 28.4 Å². The van der Waals surface area contributed by atoms with E-state index in [1.54, 1.807) is 6.07 Å².